The van der Waals surface area contributed by atoms with Crippen LogP contribution in [0.2, 0.25) is 0 Å². The van der Waals surface area contributed by atoms with Crippen LogP contribution < -0.4 is 4.74 Å². The van der Waals surface area contributed by atoms with Crippen molar-refractivity contribution in [1.29, 1.82) is 0 Å². The lowest BCUT2D eigenvalue weighted by Gasteiger charge is -2.13. The van der Waals surface area contributed by atoms with E-state index < -0.39 is 17.7 Å². The van der Waals surface area contributed by atoms with E-state index in [9.17, 15) is 18.0 Å². The molecular weight excluding hydrogens is 297 g/mol. The molecule has 0 spiro atoms. The first-order chi connectivity index (χ1) is 10.4. The summed E-state index contributed by atoms with van der Waals surface area (Å²) in [6.45, 7) is -0.244. The van der Waals surface area contributed by atoms with Crippen LogP contribution in [0.25, 0.3) is 0 Å². The van der Waals surface area contributed by atoms with Gasteiger partial charge in [0.05, 0.1) is 12.0 Å². The van der Waals surface area contributed by atoms with E-state index in [1.165, 1.54) is 24.3 Å². The fourth-order valence-corrected chi connectivity index (χ4v) is 2.00. The molecule has 0 bridgehead atoms. The number of hydrogen-bond acceptors (Lipinski definition) is 2. The van der Waals surface area contributed by atoms with Gasteiger partial charge in [0.15, 0.2) is 0 Å². The van der Waals surface area contributed by atoms with Gasteiger partial charge in [-0.25, -0.2) is 0 Å². The summed E-state index contributed by atoms with van der Waals surface area (Å²) in [5, 5.41) is 8.73. The maximum absolute atomic E-state index is 12.9. The van der Waals surface area contributed by atoms with E-state index in [1.54, 1.807) is 18.2 Å². The van der Waals surface area contributed by atoms with Crippen molar-refractivity contribution in [2.24, 2.45) is 0 Å². The molecule has 0 aliphatic rings. The van der Waals surface area contributed by atoms with Crippen molar-refractivity contribution in [3.05, 3.63) is 65.2 Å². The minimum absolute atomic E-state index is 0.0265. The monoisotopic (exact) mass is 310 g/mol. The van der Waals surface area contributed by atoms with Crippen molar-refractivity contribution in [1.82, 2.24) is 0 Å². The second-order valence-corrected chi connectivity index (χ2v) is 4.66. The molecule has 0 unspecified atom stereocenters. The molecule has 1 N–H and O–H groups in total. The number of carboxylic acids is 1. The molecule has 2 rings (SSSR count). The Morgan fingerprint density at radius 3 is 2.50 bits per heavy atom. The van der Waals surface area contributed by atoms with E-state index in [0.717, 1.165) is 6.07 Å². The number of alkyl halides is 3. The van der Waals surface area contributed by atoms with Gasteiger partial charge in [-0.2, -0.15) is 13.2 Å². The van der Waals surface area contributed by atoms with Crippen LogP contribution in [-0.4, -0.2) is 11.1 Å². The smallest absolute Gasteiger partial charge is 0.416 e. The minimum atomic E-state index is -4.44. The van der Waals surface area contributed by atoms with Gasteiger partial charge >= 0.3 is 12.1 Å². The molecule has 0 aliphatic heterocycles. The van der Waals surface area contributed by atoms with Gasteiger partial charge in [-0.05, 0) is 23.8 Å². The van der Waals surface area contributed by atoms with Crippen molar-refractivity contribution in [3.63, 3.8) is 0 Å². The van der Waals surface area contributed by atoms with Gasteiger partial charge in [0.2, 0.25) is 0 Å². The summed E-state index contributed by atoms with van der Waals surface area (Å²) in [6.07, 6.45) is -4.61. The first kappa shape index (κ1) is 15.9. The Balaban J connectivity index is 2.12. The minimum Gasteiger partial charge on any atom is -0.489 e. The molecule has 0 heterocycles. The van der Waals surface area contributed by atoms with Crippen molar-refractivity contribution in [2.45, 2.75) is 19.2 Å². The maximum atomic E-state index is 12.9. The first-order valence-electron chi connectivity index (χ1n) is 6.45. The molecule has 0 radical (unpaired) electrons. The molecule has 22 heavy (non-hydrogen) atoms. The Hall–Kier alpha value is -2.50. The van der Waals surface area contributed by atoms with Gasteiger partial charge in [-0.15, -0.1) is 0 Å². The van der Waals surface area contributed by atoms with Crippen LogP contribution in [0.15, 0.2) is 48.5 Å². The third-order valence-corrected chi connectivity index (χ3v) is 2.97. The zero-order chi connectivity index (χ0) is 16.2. The Morgan fingerprint density at radius 2 is 1.82 bits per heavy atom. The average Bonchev–Trinajstić information content (AvgIpc) is 2.44. The van der Waals surface area contributed by atoms with Crippen LogP contribution in [0.5, 0.6) is 5.75 Å². The molecule has 6 heteroatoms. The quantitative estimate of drug-likeness (QED) is 0.910. The summed E-state index contributed by atoms with van der Waals surface area (Å²) in [4.78, 5) is 10.6. The summed E-state index contributed by atoms with van der Waals surface area (Å²) < 4.78 is 43.9. The second-order valence-electron chi connectivity index (χ2n) is 4.66. The van der Waals surface area contributed by atoms with E-state index in [4.69, 9.17) is 9.84 Å². The van der Waals surface area contributed by atoms with Crippen LogP contribution in [0.1, 0.15) is 16.7 Å². The molecule has 0 saturated heterocycles. The van der Waals surface area contributed by atoms with Gasteiger partial charge < -0.3 is 9.84 Å². The number of rotatable bonds is 5. The van der Waals surface area contributed by atoms with Crippen LogP contribution in [-0.2, 0) is 24.0 Å². The topological polar surface area (TPSA) is 46.5 Å². The fourth-order valence-electron chi connectivity index (χ4n) is 2.00. The van der Waals surface area contributed by atoms with E-state index in [2.05, 4.69) is 0 Å². The number of carbonyl (C=O) groups is 1. The standard InChI is InChI=1S/C16H13F3O3/c17-16(18,19)14-7-2-1-5-12(14)10-22-13-6-3-4-11(8-13)9-15(20)21/h1-8H,9-10H2,(H,20,21). The molecule has 3 nitrogen and oxygen atoms in total. The van der Waals surface area contributed by atoms with Crippen molar-refractivity contribution in [2.75, 3.05) is 0 Å². The fraction of sp³-hybridized carbons (Fsp3) is 0.188. The lowest BCUT2D eigenvalue weighted by Crippen LogP contribution is -2.10. The molecule has 0 atom stereocenters. The van der Waals surface area contributed by atoms with E-state index in [1.807, 2.05) is 0 Å². The molecule has 0 aromatic heterocycles. The van der Waals surface area contributed by atoms with Gasteiger partial charge in [-0.1, -0.05) is 30.3 Å². The zero-order valence-corrected chi connectivity index (χ0v) is 11.4. The summed E-state index contributed by atoms with van der Waals surface area (Å²) in [6, 6.07) is 11.5. The highest BCUT2D eigenvalue weighted by atomic mass is 19.4. The molecule has 2 aromatic rings. The van der Waals surface area contributed by atoms with Crippen LogP contribution in [0, 0.1) is 0 Å². The number of aliphatic carboxylic acids is 1. The number of ether oxygens (including phenoxy) is 1. The third-order valence-electron chi connectivity index (χ3n) is 2.97. The largest absolute Gasteiger partial charge is 0.489 e. The summed E-state index contributed by atoms with van der Waals surface area (Å²) in [5.74, 6) is -0.657. The lowest BCUT2D eigenvalue weighted by atomic mass is 10.1. The van der Waals surface area contributed by atoms with Gasteiger partial charge in [0.1, 0.15) is 12.4 Å². The average molecular weight is 310 g/mol. The van der Waals surface area contributed by atoms with Crippen molar-refractivity contribution < 1.29 is 27.8 Å². The van der Waals surface area contributed by atoms with Crippen molar-refractivity contribution >= 4 is 5.97 Å². The Bertz CT molecular complexity index is 666. The molecule has 0 amide bonds. The Morgan fingerprint density at radius 1 is 1.09 bits per heavy atom. The molecule has 116 valence electrons. The summed E-state index contributed by atoms with van der Waals surface area (Å²) >= 11 is 0. The molecule has 0 fully saturated rings. The van der Waals surface area contributed by atoms with Crippen molar-refractivity contribution in [3.8, 4) is 5.75 Å². The highest BCUT2D eigenvalue weighted by Crippen LogP contribution is 2.32. The van der Waals surface area contributed by atoms with Crippen LogP contribution in [0.3, 0.4) is 0 Å². The van der Waals surface area contributed by atoms with Crippen LogP contribution in [0.4, 0.5) is 13.2 Å². The van der Waals surface area contributed by atoms with E-state index in [0.29, 0.717) is 11.3 Å². The number of halogens is 3. The molecule has 0 aliphatic carbocycles. The number of benzene rings is 2. The summed E-state index contributed by atoms with van der Waals surface area (Å²) in [5.41, 5.74) is -0.190. The third kappa shape index (κ3) is 4.25. The second kappa shape index (κ2) is 6.51. The van der Waals surface area contributed by atoms with Gasteiger partial charge in [0, 0.05) is 5.56 Å². The number of carboxylic acid groups (broad SMARTS) is 1. The normalized spacial score (nSPS) is 11.2. The van der Waals surface area contributed by atoms with E-state index >= 15 is 0 Å². The number of hydrogen-bond donors (Lipinski definition) is 1. The lowest BCUT2D eigenvalue weighted by molar-refractivity contribution is -0.138. The van der Waals surface area contributed by atoms with Crippen LogP contribution >= 0.6 is 0 Å². The predicted molar refractivity (Wildman–Crippen MR) is 73.6 cm³/mol. The van der Waals surface area contributed by atoms with E-state index in [-0.39, 0.29) is 18.6 Å². The molecular formula is C16H13F3O3. The first-order valence-corrected chi connectivity index (χ1v) is 6.45. The zero-order valence-electron chi connectivity index (χ0n) is 11.4. The van der Waals surface area contributed by atoms with Gasteiger partial charge in [0.25, 0.3) is 0 Å². The Kier molecular flexibility index (Phi) is 4.70. The molecule has 2 aromatic carbocycles. The van der Waals surface area contributed by atoms with Gasteiger partial charge in [-0.3, -0.25) is 4.79 Å². The maximum Gasteiger partial charge on any atom is 0.416 e. The highest BCUT2D eigenvalue weighted by molar-refractivity contribution is 5.70. The Labute approximate surface area is 125 Å². The molecule has 0 saturated carbocycles. The predicted octanol–water partition coefficient (Wildman–Crippen LogP) is 3.91. The SMILES string of the molecule is O=C(O)Cc1cccc(OCc2ccccc2C(F)(F)F)c1. The highest BCUT2D eigenvalue weighted by Gasteiger charge is 2.32. The summed E-state index contributed by atoms with van der Waals surface area (Å²) in [7, 11) is 0.